The second-order valence-corrected chi connectivity index (χ2v) is 6.63. The van der Waals surface area contributed by atoms with Crippen molar-refractivity contribution in [2.45, 2.75) is 12.2 Å². The third kappa shape index (κ3) is 3.25. The lowest BCUT2D eigenvalue weighted by Gasteiger charge is -2.23. The number of pyridine rings is 1. The first kappa shape index (κ1) is 18.5. The summed E-state index contributed by atoms with van der Waals surface area (Å²) in [5.41, 5.74) is -0.547. The fraction of sp³-hybridized carbons (Fsp3) is 0.250. The zero-order valence-electron chi connectivity index (χ0n) is 14.7. The molecule has 0 unspecified atom stereocenters. The minimum Gasteiger partial charge on any atom is -0.394 e. The summed E-state index contributed by atoms with van der Waals surface area (Å²) in [5, 5.41) is 10.3. The summed E-state index contributed by atoms with van der Waals surface area (Å²) in [5.74, 6) is 0. The molecule has 0 spiro atoms. The van der Waals surface area contributed by atoms with E-state index < -0.39 is 17.3 Å². The number of ether oxygens (including phenoxy) is 1. The van der Waals surface area contributed by atoms with Gasteiger partial charge >= 0.3 is 6.18 Å². The molecule has 146 valence electrons. The Bertz CT molecular complexity index is 1080. The molecule has 8 heteroatoms. The number of rotatable bonds is 3. The molecule has 2 heterocycles. The lowest BCUT2D eigenvalue weighted by molar-refractivity contribution is -0.137. The number of nitrogens with one attached hydrogen (secondary N) is 1. The molecule has 3 aromatic rings. The van der Waals surface area contributed by atoms with Gasteiger partial charge in [-0.15, -0.1) is 0 Å². The highest BCUT2D eigenvalue weighted by Crippen LogP contribution is 2.36. The minimum atomic E-state index is -4.53. The van der Waals surface area contributed by atoms with Gasteiger partial charge in [-0.05, 0) is 29.7 Å². The molecule has 2 N–H and O–H groups in total. The van der Waals surface area contributed by atoms with Crippen LogP contribution in [0, 0.1) is 0 Å². The monoisotopic (exact) mass is 390 g/mol. The molecule has 1 aliphatic rings. The molecule has 1 atom stereocenters. The molecule has 1 saturated heterocycles. The Morgan fingerprint density at radius 3 is 2.71 bits per heavy atom. The van der Waals surface area contributed by atoms with Gasteiger partial charge in [-0.3, -0.25) is 4.79 Å². The summed E-state index contributed by atoms with van der Waals surface area (Å²) in [6.45, 7) is 0.602. The van der Waals surface area contributed by atoms with Gasteiger partial charge in [-0.1, -0.05) is 24.3 Å². The Balaban J connectivity index is 1.81. The maximum absolute atomic E-state index is 13.3. The van der Waals surface area contributed by atoms with E-state index in [4.69, 9.17) is 4.74 Å². The van der Waals surface area contributed by atoms with E-state index in [-0.39, 0.29) is 23.9 Å². The number of halogens is 3. The summed E-state index contributed by atoms with van der Waals surface area (Å²) < 4.78 is 45.3. The van der Waals surface area contributed by atoms with E-state index in [0.717, 1.165) is 6.07 Å². The van der Waals surface area contributed by atoms with E-state index in [1.165, 1.54) is 24.3 Å². The van der Waals surface area contributed by atoms with Gasteiger partial charge in [0.2, 0.25) is 0 Å². The highest BCUT2D eigenvalue weighted by atomic mass is 19.4. The third-order valence-corrected chi connectivity index (χ3v) is 4.88. The van der Waals surface area contributed by atoms with Gasteiger partial charge in [-0.25, -0.2) is 0 Å². The number of hydrogen-bond donors (Lipinski definition) is 2. The average Bonchev–Trinajstić information content (AvgIpc) is 3.16. The number of H-pyrrole nitrogens is 1. The number of aliphatic hydroxyl groups excluding tert-OH is 1. The Labute approximate surface area is 158 Å². The van der Waals surface area contributed by atoms with Crippen LogP contribution in [0.2, 0.25) is 0 Å². The Kier molecular flexibility index (Phi) is 4.60. The van der Waals surface area contributed by atoms with Gasteiger partial charge in [0.15, 0.2) is 0 Å². The van der Waals surface area contributed by atoms with Crippen LogP contribution < -0.4 is 10.5 Å². The summed E-state index contributed by atoms with van der Waals surface area (Å²) in [7, 11) is 0. The Morgan fingerprint density at radius 2 is 1.96 bits per heavy atom. The van der Waals surface area contributed by atoms with E-state index in [9.17, 15) is 23.1 Å². The zero-order chi connectivity index (χ0) is 19.9. The van der Waals surface area contributed by atoms with Crippen LogP contribution in [-0.4, -0.2) is 36.1 Å². The van der Waals surface area contributed by atoms with Gasteiger partial charge in [0, 0.05) is 22.3 Å². The lowest BCUT2D eigenvalue weighted by atomic mass is 10.0. The summed E-state index contributed by atoms with van der Waals surface area (Å²) in [6.07, 6.45) is -4.53. The van der Waals surface area contributed by atoms with E-state index in [0.29, 0.717) is 29.8 Å². The summed E-state index contributed by atoms with van der Waals surface area (Å²) >= 11 is 0. The molecule has 0 radical (unpaired) electrons. The third-order valence-electron chi connectivity index (χ3n) is 4.88. The van der Waals surface area contributed by atoms with Crippen molar-refractivity contribution in [1.82, 2.24) is 4.98 Å². The lowest BCUT2D eigenvalue weighted by Crippen LogP contribution is -2.33. The SMILES string of the molecule is O=c1[nH]c(-c2ccccc2C(F)(F)F)cc2ccc(N3COC[C@H]3CO)cc12. The van der Waals surface area contributed by atoms with Crippen LogP contribution in [0.3, 0.4) is 0 Å². The van der Waals surface area contributed by atoms with Crippen LogP contribution in [0.15, 0.2) is 53.3 Å². The van der Waals surface area contributed by atoms with Crippen LogP contribution in [0.4, 0.5) is 18.9 Å². The van der Waals surface area contributed by atoms with Crippen LogP contribution in [0.5, 0.6) is 0 Å². The van der Waals surface area contributed by atoms with Crippen molar-refractivity contribution in [2.75, 3.05) is 24.8 Å². The smallest absolute Gasteiger partial charge is 0.394 e. The highest BCUT2D eigenvalue weighted by molar-refractivity contribution is 5.88. The molecular formula is C20H17F3N2O3. The number of alkyl halides is 3. The minimum absolute atomic E-state index is 0.0774. The van der Waals surface area contributed by atoms with Gasteiger partial charge in [0.05, 0.1) is 24.8 Å². The number of aromatic nitrogens is 1. The van der Waals surface area contributed by atoms with Crippen molar-refractivity contribution in [3.05, 3.63) is 64.4 Å². The standard InChI is InChI=1S/C20H17F3N2O3/c21-20(22,23)17-4-2-1-3-15(17)18-7-12-5-6-13(8-16(12)19(27)24-18)25-11-28-10-14(25)9-26/h1-8,14,26H,9-11H2,(H,24,27)/t14-/m1/s1. The van der Waals surface area contributed by atoms with Gasteiger partial charge in [0.25, 0.3) is 5.56 Å². The van der Waals surface area contributed by atoms with Crippen LogP contribution >= 0.6 is 0 Å². The first-order valence-corrected chi connectivity index (χ1v) is 8.67. The predicted molar refractivity (Wildman–Crippen MR) is 99.2 cm³/mol. The quantitative estimate of drug-likeness (QED) is 0.720. The zero-order valence-corrected chi connectivity index (χ0v) is 14.7. The van der Waals surface area contributed by atoms with E-state index in [1.54, 1.807) is 18.2 Å². The molecule has 1 fully saturated rings. The summed E-state index contributed by atoms with van der Waals surface area (Å²) in [4.78, 5) is 17.0. The van der Waals surface area contributed by atoms with Crippen molar-refractivity contribution >= 4 is 16.5 Å². The highest BCUT2D eigenvalue weighted by Gasteiger charge is 2.33. The number of benzene rings is 2. The number of fused-ring (bicyclic) bond motifs is 1. The van der Waals surface area contributed by atoms with Crippen molar-refractivity contribution in [1.29, 1.82) is 0 Å². The van der Waals surface area contributed by atoms with Crippen LogP contribution in [-0.2, 0) is 10.9 Å². The molecule has 1 aromatic heterocycles. The number of aromatic amines is 1. The first-order chi connectivity index (χ1) is 13.4. The second kappa shape index (κ2) is 6.96. The molecule has 28 heavy (non-hydrogen) atoms. The van der Waals surface area contributed by atoms with Gasteiger partial charge in [0.1, 0.15) is 6.73 Å². The Hall–Kier alpha value is -2.84. The molecular weight excluding hydrogens is 373 g/mol. The molecule has 0 aliphatic carbocycles. The molecule has 2 aromatic carbocycles. The molecule has 0 saturated carbocycles. The van der Waals surface area contributed by atoms with Crippen LogP contribution in [0.25, 0.3) is 22.0 Å². The van der Waals surface area contributed by atoms with E-state index in [1.807, 2.05) is 4.90 Å². The molecule has 5 nitrogen and oxygen atoms in total. The molecule has 0 bridgehead atoms. The molecule has 1 aliphatic heterocycles. The normalized spacial score (nSPS) is 17.4. The molecule has 4 rings (SSSR count). The van der Waals surface area contributed by atoms with Crippen molar-refractivity contribution < 1.29 is 23.0 Å². The number of aliphatic hydroxyl groups is 1. The second-order valence-electron chi connectivity index (χ2n) is 6.63. The fourth-order valence-electron chi connectivity index (χ4n) is 3.46. The topological polar surface area (TPSA) is 65.6 Å². The first-order valence-electron chi connectivity index (χ1n) is 8.67. The van der Waals surface area contributed by atoms with Crippen molar-refractivity contribution in [3.8, 4) is 11.3 Å². The van der Waals surface area contributed by atoms with E-state index >= 15 is 0 Å². The number of nitrogens with zero attached hydrogens (tertiary/aromatic N) is 1. The number of anilines is 1. The summed E-state index contributed by atoms with van der Waals surface area (Å²) in [6, 6.07) is 11.6. The number of hydrogen-bond acceptors (Lipinski definition) is 4. The fourth-order valence-corrected chi connectivity index (χ4v) is 3.46. The maximum Gasteiger partial charge on any atom is 0.417 e. The largest absolute Gasteiger partial charge is 0.417 e. The van der Waals surface area contributed by atoms with Gasteiger partial charge < -0.3 is 19.7 Å². The van der Waals surface area contributed by atoms with Crippen molar-refractivity contribution in [2.24, 2.45) is 0 Å². The van der Waals surface area contributed by atoms with Gasteiger partial charge in [-0.2, -0.15) is 13.2 Å². The van der Waals surface area contributed by atoms with Crippen molar-refractivity contribution in [3.63, 3.8) is 0 Å². The maximum atomic E-state index is 13.3. The average molecular weight is 390 g/mol. The van der Waals surface area contributed by atoms with Crippen LogP contribution in [0.1, 0.15) is 5.56 Å². The van der Waals surface area contributed by atoms with E-state index in [2.05, 4.69) is 4.98 Å². The Morgan fingerprint density at radius 1 is 1.18 bits per heavy atom. The predicted octanol–water partition coefficient (Wildman–Crippen LogP) is 3.37. The molecule has 0 amide bonds.